The molecule has 0 aliphatic rings. The van der Waals surface area contributed by atoms with E-state index >= 15 is 0 Å². The molecule has 164 valence electrons. The number of para-hydroxylation sites is 1. The van der Waals surface area contributed by atoms with E-state index in [4.69, 9.17) is 5.73 Å². The number of nitrogen functional groups attached to an aromatic ring is 1. The summed E-state index contributed by atoms with van der Waals surface area (Å²) in [5.74, 6) is -0.0735. The van der Waals surface area contributed by atoms with E-state index < -0.39 is 6.09 Å². The summed E-state index contributed by atoms with van der Waals surface area (Å²) in [6.07, 6.45) is -1.05. The molecule has 3 aromatic carbocycles. The van der Waals surface area contributed by atoms with Gasteiger partial charge in [0.25, 0.3) is 5.91 Å². The van der Waals surface area contributed by atoms with Crippen LogP contribution in [0.25, 0.3) is 11.3 Å². The van der Waals surface area contributed by atoms with E-state index in [1.54, 1.807) is 60.7 Å². The SMILES string of the molecule is Nc1ccc(-c2ccccc2)nc1NC(=O)c1ccc(CN(C(=O)O)c2ccccc2)cc1. The standard InChI is InChI=1S/C26H22N4O3/c27-22-15-16-23(19-7-3-1-4-8-19)28-24(22)29-25(31)20-13-11-18(12-14-20)17-30(26(32)33)21-9-5-2-6-10-21/h1-16H,17,27H2,(H,32,33)(H,28,29,31). The van der Waals surface area contributed by atoms with Gasteiger partial charge in [0.2, 0.25) is 0 Å². The monoisotopic (exact) mass is 438 g/mol. The summed E-state index contributed by atoms with van der Waals surface area (Å²) in [6.45, 7) is 0.162. The largest absolute Gasteiger partial charge is 0.465 e. The van der Waals surface area contributed by atoms with Crippen LogP contribution in [0.2, 0.25) is 0 Å². The number of hydrogen-bond acceptors (Lipinski definition) is 4. The third-order valence-corrected chi connectivity index (χ3v) is 5.08. The zero-order chi connectivity index (χ0) is 23.2. The van der Waals surface area contributed by atoms with Gasteiger partial charge >= 0.3 is 6.09 Å². The summed E-state index contributed by atoms with van der Waals surface area (Å²) < 4.78 is 0. The molecule has 0 fully saturated rings. The maximum absolute atomic E-state index is 12.8. The van der Waals surface area contributed by atoms with E-state index in [1.807, 2.05) is 36.4 Å². The minimum Gasteiger partial charge on any atom is -0.465 e. The van der Waals surface area contributed by atoms with Crippen molar-refractivity contribution in [1.29, 1.82) is 0 Å². The molecule has 0 saturated carbocycles. The molecule has 0 aliphatic carbocycles. The maximum Gasteiger partial charge on any atom is 0.412 e. The van der Waals surface area contributed by atoms with E-state index in [0.717, 1.165) is 11.1 Å². The molecular weight excluding hydrogens is 416 g/mol. The van der Waals surface area contributed by atoms with Crippen LogP contribution in [0.1, 0.15) is 15.9 Å². The van der Waals surface area contributed by atoms with Gasteiger partial charge in [-0.1, -0.05) is 60.7 Å². The second-order valence-corrected chi connectivity index (χ2v) is 7.36. The lowest BCUT2D eigenvalue weighted by molar-refractivity contribution is 0.102. The third kappa shape index (κ3) is 5.16. The molecule has 4 aromatic rings. The normalized spacial score (nSPS) is 10.4. The third-order valence-electron chi connectivity index (χ3n) is 5.08. The second kappa shape index (κ2) is 9.65. The number of carbonyl (C=O) groups excluding carboxylic acids is 1. The van der Waals surface area contributed by atoms with Gasteiger partial charge in [-0.15, -0.1) is 0 Å². The Labute approximate surface area is 191 Å². The molecule has 0 saturated heterocycles. The highest BCUT2D eigenvalue weighted by Gasteiger charge is 2.15. The van der Waals surface area contributed by atoms with Gasteiger partial charge in [-0.25, -0.2) is 9.78 Å². The zero-order valence-electron chi connectivity index (χ0n) is 17.7. The molecule has 7 heteroatoms. The summed E-state index contributed by atoms with van der Waals surface area (Å²) in [4.78, 5) is 30.2. The van der Waals surface area contributed by atoms with Crippen molar-refractivity contribution in [2.75, 3.05) is 16.0 Å². The number of carboxylic acid groups (broad SMARTS) is 1. The van der Waals surface area contributed by atoms with Crippen molar-refractivity contribution < 1.29 is 14.7 Å². The molecule has 0 atom stereocenters. The van der Waals surface area contributed by atoms with Crippen molar-refractivity contribution in [2.24, 2.45) is 0 Å². The van der Waals surface area contributed by atoms with E-state index in [1.165, 1.54) is 4.90 Å². The summed E-state index contributed by atoms with van der Waals surface area (Å²) in [6, 6.07) is 28.7. The fourth-order valence-corrected chi connectivity index (χ4v) is 3.34. The summed E-state index contributed by atoms with van der Waals surface area (Å²) in [7, 11) is 0. The van der Waals surface area contributed by atoms with E-state index in [-0.39, 0.29) is 18.3 Å². The molecule has 4 N–H and O–H groups in total. The number of pyridine rings is 1. The van der Waals surface area contributed by atoms with Crippen LogP contribution in [0.15, 0.2) is 97.1 Å². The molecular formula is C26H22N4O3. The lowest BCUT2D eigenvalue weighted by Crippen LogP contribution is -2.28. The van der Waals surface area contributed by atoms with Crippen LogP contribution in [0, 0.1) is 0 Å². The highest BCUT2D eigenvalue weighted by atomic mass is 16.4. The minimum absolute atomic E-state index is 0.162. The van der Waals surface area contributed by atoms with Gasteiger partial charge in [-0.05, 0) is 42.0 Å². The highest BCUT2D eigenvalue weighted by molar-refractivity contribution is 6.05. The van der Waals surface area contributed by atoms with E-state index in [2.05, 4.69) is 10.3 Å². The predicted molar refractivity (Wildman–Crippen MR) is 129 cm³/mol. The molecule has 0 spiro atoms. The van der Waals surface area contributed by atoms with E-state index in [0.29, 0.717) is 22.6 Å². The number of amides is 2. The molecule has 4 rings (SSSR count). The fraction of sp³-hybridized carbons (Fsp3) is 0.0385. The highest BCUT2D eigenvalue weighted by Crippen LogP contribution is 2.24. The number of nitrogens with zero attached hydrogens (tertiary/aromatic N) is 2. The number of nitrogens with one attached hydrogen (secondary N) is 1. The molecule has 33 heavy (non-hydrogen) atoms. The second-order valence-electron chi connectivity index (χ2n) is 7.36. The van der Waals surface area contributed by atoms with Gasteiger partial charge < -0.3 is 16.2 Å². The Morgan fingerprint density at radius 3 is 2.12 bits per heavy atom. The van der Waals surface area contributed by atoms with Gasteiger partial charge in [-0.2, -0.15) is 0 Å². The van der Waals surface area contributed by atoms with Crippen LogP contribution in [0.5, 0.6) is 0 Å². The van der Waals surface area contributed by atoms with Crippen LogP contribution in [-0.4, -0.2) is 22.1 Å². The lowest BCUT2D eigenvalue weighted by Gasteiger charge is -2.19. The molecule has 0 bridgehead atoms. The first-order valence-electron chi connectivity index (χ1n) is 10.3. The molecule has 7 nitrogen and oxygen atoms in total. The van der Waals surface area contributed by atoms with Crippen molar-refractivity contribution in [1.82, 2.24) is 4.98 Å². The topological polar surface area (TPSA) is 109 Å². The van der Waals surface area contributed by atoms with Crippen LogP contribution in [0.3, 0.4) is 0 Å². The maximum atomic E-state index is 12.8. The van der Waals surface area contributed by atoms with Gasteiger partial charge in [0.15, 0.2) is 5.82 Å². The number of hydrogen-bond donors (Lipinski definition) is 3. The molecule has 1 aromatic heterocycles. The van der Waals surface area contributed by atoms with Crippen LogP contribution in [0.4, 0.5) is 22.0 Å². The number of nitrogens with two attached hydrogens (primary N) is 1. The molecule has 2 amide bonds. The Morgan fingerprint density at radius 1 is 0.848 bits per heavy atom. The van der Waals surface area contributed by atoms with Gasteiger partial charge in [0.05, 0.1) is 17.9 Å². The molecule has 0 aliphatic heterocycles. The van der Waals surface area contributed by atoms with Crippen LogP contribution < -0.4 is 16.0 Å². The molecule has 0 radical (unpaired) electrons. The average Bonchev–Trinajstić information content (AvgIpc) is 2.85. The quantitative estimate of drug-likeness (QED) is 0.380. The number of aromatic nitrogens is 1. The van der Waals surface area contributed by atoms with Gasteiger partial charge in [-0.3, -0.25) is 9.69 Å². The Bertz CT molecular complexity index is 1260. The van der Waals surface area contributed by atoms with Crippen molar-refractivity contribution >= 4 is 29.2 Å². The van der Waals surface area contributed by atoms with Gasteiger partial charge in [0, 0.05) is 16.8 Å². The van der Waals surface area contributed by atoms with Crippen LogP contribution >= 0.6 is 0 Å². The van der Waals surface area contributed by atoms with Crippen molar-refractivity contribution in [3.8, 4) is 11.3 Å². The number of carbonyl (C=O) groups is 2. The predicted octanol–water partition coefficient (Wildman–Crippen LogP) is 5.27. The van der Waals surface area contributed by atoms with Crippen molar-refractivity contribution in [3.63, 3.8) is 0 Å². The summed E-state index contributed by atoms with van der Waals surface area (Å²) >= 11 is 0. The molecule has 1 heterocycles. The van der Waals surface area contributed by atoms with E-state index in [9.17, 15) is 14.7 Å². The smallest absolute Gasteiger partial charge is 0.412 e. The van der Waals surface area contributed by atoms with Crippen molar-refractivity contribution in [3.05, 3.63) is 108 Å². The van der Waals surface area contributed by atoms with Crippen molar-refractivity contribution in [2.45, 2.75) is 6.54 Å². The first-order chi connectivity index (χ1) is 16.0. The first kappa shape index (κ1) is 21.6. The Morgan fingerprint density at radius 2 is 1.48 bits per heavy atom. The molecule has 0 unspecified atom stereocenters. The Hall–Kier alpha value is -4.65. The van der Waals surface area contributed by atoms with Gasteiger partial charge in [0.1, 0.15) is 0 Å². The Kier molecular flexibility index (Phi) is 6.31. The average molecular weight is 438 g/mol. The summed E-state index contributed by atoms with van der Waals surface area (Å²) in [5, 5.41) is 12.3. The number of rotatable bonds is 6. The number of benzene rings is 3. The lowest BCUT2D eigenvalue weighted by atomic mass is 10.1. The zero-order valence-corrected chi connectivity index (χ0v) is 17.7. The summed E-state index contributed by atoms with van der Waals surface area (Å²) in [5.41, 5.74) is 9.73. The first-order valence-corrected chi connectivity index (χ1v) is 10.3. The van der Waals surface area contributed by atoms with Crippen LogP contribution in [-0.2, 0) is 6.54 Å². The number of anilines is 3. The fourth-order valence-electron chi connectivity index (χ4n) is 3.34. The Balaban J connectivity index is 1.48. The minimum atomic E-state index is -1.05.